The molecule has 94 valence electrons. The minimum absolute atomic E-state index is 0.0250. The molecule has 0 fully saturated rings. The first-order valence-corrected chi connectivity index (χ1v) is 6.85. The predicted octanol–water partition coefficient (Wildman–Crippen LogP) is 3.02. The molecule has 0 aliphatic heterocycles. The van der Waals surface area contributed by atoms with Crippen molar-refractivity contribution >= 4 is 23.4 Å². The van der Waals surface area contributed by atoms with Gasteiger partial charge in [0.05, 0.1) is 18.0 Å². The van der Waals surface area contributed by atoms with Crippen molar-refractivity contribution in [2.75, 3.05) is 18.7 Å². The van der Waals surface area contributed by atoms with Crippen LogP contribution in [0, 0.1) is 5.92 Å². The number of nitrogens with one attached hydrogen (secondary N) is 1. The van der Waals surface area contributed by atoms with Crippen LogP contribution in [0.4, 0.5) is 5.69 Å². The molecule has 17 heavy (non-hydrogen) atoms. The van der Waals surface area contributed by atoms with Crippen LogP contribution in [-0.4, -0.2) is 24.5 Å². The summed E-state index contributed by atoms with van der Waals surface area (Å²) in [5.74, 6) is 1.01. The average Bonchev–Trinajstić information content (AvgIpc) is 2.30. The number of ether oxygens (including phenoxy) is 1. The van der Waals surface area contributed by atoms with E-state index in [1.807, 2.05) is 44.4 Å². The van der Waals surface area contributed by atoms with Gasteiger partial charge in [0.1, 0.15) is 5.75 Å². The van der Waals surface area contributed by atoms with Crippen molar-refractivity contribution in [1.29, 1.82) is 0 Å². The highest BCUT2D eigenvalue weighted by Gasteiger charge is 2.21. The van der Waals surface area contributed by atoms with Gasteiger partial charge in [-0.05, 0) is 24.3 Å². The topological polar surface area (TPSA) is 38.3 Å². The van der Waals surface area contributed by atoms with E-state index in [4.69, 9.17) is 4.74 Å². The van der Waals surface area contributed by atoms with E-state index in [1.54, 1.807) is 18.9 Å². The second-order valence-corrected chi connectivity index (χ2v) is 5.07. The molecule has 3 nitrogen and oxygen atoms in total. The minimum atomic E-state index is -0.0417. The van der Waals surface area contributed by atoms with Crippen LogP contribution in [0.5, 0.6) is 5.75 Å². The number of amides is 1. The lowest BCUT2D eigenvalue weighted by Crippen LogP contribution is -2.29. The molecule has 4 heteroatoms. The number of carbonyl (C=O) groups excluding carboxylic acids is 1. The summed E-state index contributed by atoms with van der Waals surface area (Å²) in [5, 5.41) is 2.87. The van der Waals surface area contributed by atoms with Gasteiger partial charge in [-0.2, -0.15) is 11.8 Å². The summed E-state index contributed by atoms with van der Waals surface area (Å²) in [6.07, 6.45) is 1.95. The third-order valence-corrected chi connectivity index (χ3v) is 3.75. The van der Waals surface area contributed by atoms with E-state index in [0.29, 0.717) is 11.7 Å². The molecular weight excluding hydrogens is 234 g/mol. The zero-order valence-corrected chi connectivity index (χ0v) is 11.5. The number of benzene rings is 1. The average molecular weight is 253 g/mol. The first kappa shape index (κ1) is 13.9. The molecule has 1 unspecified atom stereocenters. The fraction of sp³-hybridized carbons (Fsp3) is 0.462. The lowest BCUT2D eigenvalue weighted by atomic mass is 10.1. The molecule has 0 spiro atoms. The molecule has 0 saturated carbocycles. The van der Waals surface area contributed by atoms with E-state index < -0.39 is 0 Å². The SMILES string of the molecule is COc1ccccc1NC(=O)C(SC)C(C)C. The van der Waals surface area contributed by atoms with E-state index >= 15 is 0 Å². The third kappa shape index (κ3) is 3.66. The largest absolute Gasteiger partial charge is 0.495 e. The van der Waals surface area contributed by atoms with E-state index in [1.165, 1.54) is 0 Å². The quantitative estimate of drug-likeness (QED) is 0.876. The molecular formula is C13H19NO2S. The van der Waals surface area contributed by atoms with E-state index in [2.05, 4.69) is 5.32 Å². The summed E-state index contributed by atoms with van der Waals surface area (Å²) >= 11 is 1.57. The third-order valence-electron chi connectivity index (χ3n) is 2.48. The van der Waals surface area contributed by atoms with Gasteiger partial charge in [-0.15, -0.1) is 0 Å². The standard InChI is InChI=1S/C13H19NO2S/c1-9(2)12(17-4)13(15)14-10-7-5-6-8-11(10)16-3/h5-9,12H,1-4H3,(H,14,15). The molecule has 1 rings (SSSR count). The van der Waals surface area contributed by atoms with E-state index in [0.717, 1.165) is 5.69 Å². The van der Waals surface area contributed by atoms with Gasteiger partial charge in [0.15, 0.2) is 0 Å². The number of thioether (sulfide) groups is 1. The lowest BCUT2D eigenvalue weighted by Gasteiger charge is -2.18. The number of carbonyl (C=O) groups is 1. The number of methoxy groups -OCH3 is 1. The Morgan fingerprint density at radius 1 is 1.35 bits per heavy atom. The van der Waals surface area contributed by atoms with Crippen molar-refractivity contribution in [3.8, 4) is 5.75 Å². The van der Waals surface area contributed by atoms with Crippen molar-refractivity contribution in [3.63, 3.8) is 0 Å². The Balaban J connectivity index is 2.80. The summed E-state index contributed by atoms with van der Waals surface area (Å²) in [4.78, 5) is 12.1. The summed E-state index contributed by atoms with van der Waals surface area (Å²) in [5.41, 5.74) is 0.722. The Bertz CT molecular complexity index is 379. The lowest BCUT2D eigenvalue weighted by molar-refractivity contribution is -0.116. The number of para-hydroxylation sites is 2. The molecule has 0 aromatic heterocycles. The van der Waals surface area contributed by atoms with Gasteiger partial charge in [-0.1, -0.05) is 26.0 Å². The molecule has 0 aliphatic rings. The highest BCUT2D eigenvalue weighted by atomic mass is 32.2. The maximum Gasteiger partial charge on any atom is 0.237 e. The highest BCUT2D eigenvalue weighted by molar-refractivity contribution is 7.99. The Morgan fingerprint density at radius 3 is 2.53 bits per heavy atom. The Labute approximate surface area is 107 Å². The predicted molar refractivity (Wildman–Crippen MR) is 73.8 cm³/mol. The Kier molecular flexibility index (Phi) is 5.35. The number of hydrogen-bond acceptors (Lipinski definition) is 3. The van der Waals surface area contributed by atoms with Gasteiger partial charge < -0.3 is 10.1 Å². The van der Waals surface area contributed by atoms with Crippen LogP contribution in [0.2, 0.25) is 0 Å². The second-order valence-electron chi connectivity index (χ2n) is 4.09. The highest BCUT2D eigenvalue weighted by Crippen LogP contribution is 2.25. The van der Waals surface area contributed by atoms with Crippen LogP contribution in [0.1, 0.15) is 13.8 Å². The van der Waals surface area contributed by atoms with Gasteiger partial charge in [-0.25, -0.2) is 0 Å². The zero-order valence-electron chi connectivity index (χ0n) is 10.7. The van der Waals surface area contributed by atoms with Crippen LogP contribution < -0.4 is 10.1 Å². The molecule has 1 N–H and O–H groups in total. The molecule has 1 amide bonds. The van der Waals surface area contributed by atoms with Crippen LogP contribution in [0.3, 0.4) is 0 Å². The van der Waals surface area contributed by atoms with Crippen molar-refractivity contribution in [3.05, 3.63) is 24.3 Å². The minimum Gasteiger partial charge on any atom is -0.495 e. The molecule has 0 heterocycles. The molecule has 1 aromatic rings. The second kappa shape index (κ2) is 6.55. The fourth-order valence-electron chi connectivity index (χ4n) is 1.63. The summed E-state index contributed by atoms with van der Waals surface area (Å²) in [7, 11) is 1.60. The van der Waals surface area contributed by atoms with Crippen molar-refractivity contribution < 1.29 is 9.53 Å². The molecule has 1 atom stereocenters. The molecule has 0 radical (unpaired) electrons. The summed E-state index contributed by atoms with van der Waals surface area (Å²) in [6, 6.07) is 7.43. The van der Waals surface area contributed by atoms with Crippen LogP contribution >= 0.6 is 11.8 Å². The Morgan fingerprint density at radius 2 is 2.00 bits per heavy atom. The molecule has 1 aromatic carbocycles. The maximum absolute atomic E-state index is 12.1. The van der Waals surface area contributed by atoms with Crippen molar-refractivity contribution in [1.82, 2.24) is 0 Å². The number of rotatable bonds is 5. The number of anilines is 1. The monoisotopic (exact) mass is 253 g/mol. The van der Waals surface area contributed by atoms with Crippen LogP contribution in [0.15, 0.2) is 24.3 Å². The summed E-state index contributed by atoms with van der Waals surface area (Å²) < 4.78 is 5.20. The zero-order chi connectivity index (χ0) is 12.8. The maximum atomic E-state index is 12.1. The fourth-order valence-corrected chi connectivity index (χ4v) is 2.45. The molecule has 0 saturated heterocycles. The summed E-state index contributed by atoms with van der Waals surface area (Å²) in [6.45, 7) is 4.09. The van der Waals surface area contributed by atoms with Crippen LogP contribution in [-0.2, 0) is 4.79 Å². The van der Waals surface area contributed by atoms with Crippen molar-refractivity contribution in [2.45, 2.75) is 19.1 Å². The van der Waals surface area contributed by atoms with Gasteiger partial charge in [-0.3, -0.25) is 4.79 Å². The number of hydrogen-bond donors (Lipinski definition) is 1. The first-order valence-electron chi connectivity index (χ1n) is 5.56. The van der Waals surface area contributed by atoms with Crippen molar-refractivity contribution in [2.24, 2.45) is 5.92 Å². The van der Waals surface area contributed by atoms with E-state index in [-0.39, 0.29) is 11.2 Å². The van der Waals surface area contributed by atoms with E-state index in [9.17, 15) is 4.79 Å². The van der Waals surface area contributed by atoms with Crippen LogP contribution in [0.25, 0.3) is 0 Å². The van der Waals surface area contributed by atoms with Gasteiger partial charge in [0, 0.05) is 0 Å². The Hall–Kier alpha value is -1.16. The first-order chi connectivity index (χ1) is 8.10. The van der Waals surface area contributed by atoms with Gasteiger partial charge in [0.25, 0.3) is 0 Å². The molecule has 0 bridgehead atoms. The van der Waals surface area contributed by atoms with Gasteiger partial charge in [0.2, 0.25) is 5.91 Å². The van der Waals surface area contributed by atoms with Gasteiger partial charge >= 0.3 is 0 Å². The molecule has 0 aliphatic carbocycles. The smallest absolute Gasteiger partial charge is 0.237 e. The normalized spacial score (nSPS) is 12.3.